The van der Waals surface area contributed by atoms with Gasteiger partial charge in [0.05, 0.1) is 6.42 Å². The highest BCUT2D eigenvalue weighted by molar-refractivity contribution is 6.39. The van der Waals surface area contributed by atoms with Crippen molar-refractivity contribution in [3.63, 3.8) is 0 Å². The van der Waals surface area contributed by atoms with Crippen LogP contribution in [0.4, 0.5) is 0 Å². The maximum Gasteiger partial charge on any atom is 0.205 e. The molecule has 0 saturated heterocycles. The maximum atomic E-state index is 11.5. The Balaban J connectivity index is 2.40. The number of carbonyl (C=O) groups is 3. The van der Waals surface area contributed by atoms with Gasteiger partial charge in [-0.1, -0.05) is 19.3 Å². The lowest BCUT2D eigenvalue weighted by Gasteiger charge is -2.19. The van der Waals surface area contributed by atoms with Gasteiger partial charge in [0.1, 0.15) is 5.78 Å². The molecule has 0 aromatic carbocycles. The van der Waals surface area contributed by atoms with E-state index in [1.807, 2.05) is 0 Å². The van der Waals surface area contributed by atoms with E-state index in [0.29, 0.717) is 0 Å². The number of hydrogen-bond acceptors (Lipinski definition) is 3. The second kappa shape index (κ2) is 5.03. The third-order valence-corrected chi connectivity index (χ3v) is 2.79. The van der Waals surface area contributed by atoms with Crippen LogP contribution in [0, 0.1) is 5.92 Å². The van der Waals surface area contributed by atoms with Gasteiger partial charge >= 0.3 is 0 Å². The van der Waals surface area contributed by atoms with E-state index in [1.165, 1.54) is 13.3 Å². The molecule has 0 N–H and O–H groups in total. The molecule has 0 atom stereocenters. The number of hydrogen-bond donors (Lipinski definition) is 0. The number of Topliss-reactive ketones (excluding diaryl/α,β-unsaturated/α-hetero) is 3. The Morgan fingerprint density at radius 3 is 2.14 bits per heavy atom. The minimum Gasteiger partial charge on any atom is -0.299 e. The average molecular weight is 196 g/mol. The number of rotatable bonds is 4. The van der Waals surface area contributed by atoms with E-state index >= 15 is 0 Å². The SMILES string of the molecule is CC(=O)C(=O)CC(=O)C1CCCCC1. The van der Waals surface area contributed by atoms with Crippen LogP contribution in [-0.2, 0) is 14.4 Å². The van der Waals surface area contributed by atoms with Crippen LogP contribution in [-0.4, -0.2) is 17.3 Å². The fourth-order valence-electron chi connectivity index (χ4n) is 1.85. The predicted molar refractivity (Wildman–Crippen MR) is 51.9 cm³/mol. The van der Waals surface area contributed by atoms with Gasteiger partial charge in [0.25, 0.3) is 0 Å². The van der Waals surface area contributed by atoms with Crippen LogP contribution in [0.5, 0.6) is 0 Å². The van der Waals surface area contributed by atoms with Gasteiger partial charge < -0.3 is 0 Å². The van der Waals surface area contributed by atoms with Crippen molar-refractivity contribution in [2.24, 2.45) is 5.92 Å². The Morgan fingerprint density at radius 1 is 1.07 bits per heavy atom. The molecule has 1 fully saturated rings. The lowest BCUT2D eigenvalue weighted by Crippen LogP contribution is -2.23. The van der Waals surface area contributed by atoms with Crippen LogP contribution in [0.2, 0.25) is 0 Å². The Hall–Kier alpha value is -0.990. The van der Waals surface area contributed by atoms with Crippen molar-refractivity contribution in [3.8, 4) is 0 Å². The molecule has 1 aliphatic rings. The minimum absolute atomic E-state index is 0.0343. The molecule has 0 heterocycles. The monoisotopic (exact) mass is 196 g/mol. The Kier molecular flexibility index (Phi) is 3.98. The van der Waals surface area contributed by atoms with E-state index in [9.17, 15) is 14.4 Å². The summed E-state index contributed by atoms with van der Waals surface area (Å²) >= 11 is 0. The van der Waals surface area contributed by atoms with E-state index in [4.69, 9.17) is 0 Å². The molecule has 3 nitrogen and oxygen atoms in total. The lowest BCUT2D eigenvalue weighted by molar-refractivity contribution is -0.138. The topological polar surface area (TPSA) is 51.2 Å². The van der Waals surface area contributed by atoms with Gasteiger partial charge in [0.15, 0.2) is 5.78 Å². The molecular formula is C11H16O3. The smallest absolute Gasteiger partial charge is 0.205 e. The molecule has 1 aliphatic carbocycles. The molecule has 0 amide bonds. The Morgan fingerprint density at radius 2 is 1.64 bits per heavy atom. The van der Waals surface area contributed by atoms with Crippen molar-refractivity contribution in [2.45, 2.75) is 45.4 Å². The molecule has 0 unspecified atom stereocenters. The maximum absolute atomic E-state index is 11.5. The van der Waals surface area contributed by atoms with Gasteiger partial charge in [-0.3, -0.25) is 14.4 Å². The number of carbonyl (C=O) groups excluding carboxylic acids is 3. The van der Waals surface area contributed by atoms with Gasteiger partial charge in [0.2, 0.25) is 5.78 Å². The largest absolute Gasteiger partial charge is 0.299 e. The van der Waals surface area contributed by atoms with Crippen molar-refractivity contribution in [1.29, 1.82) is 0 Å². The zero-order valence-electron chi connectivity index (χ0n) is 8.54. The Labute approximate surface area is 83.9 Å². The van der Waals surface area contributed by atoms with E-state index in [0.717, 1.165) is 25.7 Å². The molecule has 14 heavy (non-hydrogen) atoms. The molecule has 0 aliphatic heterocycles. The van der Waals surface area contributed by atoms with Crippen LogP contribution >= 0.6 is 0 Å². The quantitative estimate of drug-likeness (QED) is 0.507. The predicted octanol–water partition coefficient (Wildman–Crippen LogP) is 1.68. The van der Waals surface area contributed by atoms with Crippen molar-refractivity contribution >= 4 is 17.3 Å². The first-order valence-corrected chi connectivity index (χ1v) is 5.17. The van der Waals surface area contributed by atoms with E-state index < -0.39 is 11.6 Å². The summed E-state index contributed by atoms with van der Waals surface area (Å²) in [6.07, 6.45) is 4.94. The van der Waals surface area contributed by atoms with Crippen LogP contribution in [0.25, 0.3) is 0 Å². The molecule has 1 saturated carbocycles. The lowest BCUT2D eigenvalue weighted by atomic mass is 9.84. The molecular weight excluding hydrogens is 180 g/mol. The summed E-state index contributed by atoms with van der Waals surface area (Å²) < 4.78 is 0. The van der Waals surface area contributed by atoms with Crippen molar-refractivity contribution in [1.82, 2.24) is 0 Å². The van der Waals surface area contributed by atoms with Crippen molar-refractivity contribution < 1.29 is 14.4 Å². The number of ketones is 3. The van der Waals surface area contributed by atoms with Gasteiger partial charge in [-0.05, 0) is 12.8 Å². The highest BCUT2D eigenvalue weighted by atomic mass is 16.2. The average Bonchev–Trinajstić information content (AvgIpc) is 2.19. The Bertz CT molecular complexity index is 249. The molecule has 1 rings (SSSR count). The van der Waals surface area contributed by atoms with Gasteiger partial charge in [-0.2, -0.15) is 0 Å². The van der Waals surface area contributed by atoms with Crippen LogP contribution < -0.4 is 0 Å². The molecule has 0 spiro atoms. The summed E-state index contributed by atoms with van der Waals surface area (Å²) in [5.74, 6) is -1.05. The summed E-state index contributed by atoms with van der Waals surface area (Å²) in [7, 11) is 0. The molecule has 0 aromatic rings. The van der Waals surface area contributed by atoms with Crippen LogP contribution in [0.1, 0.15) is 45.4 Å². The van der Waals surface area contributed by atoms with E-state index in [2.05, 4.69) is 0 Å². The zero-order valence-corrected chi connectivity index (χ0v) is 8.54. The zero-order chi connectivity index (χ0) is 10.6. The van der Waals surface area contributed by atoms with Crippen molar-refractivity contribution in [3.05, 3.63) is 0 Å². The first-order chi connectivity index (χ1) is 6.61. The van der Waals surface area contributed by atoms with Gasteiger partial charge in [-0.15, -0.1) is 0 Å². The molecule has 0 bridgehead atoms. The molecule has 78 valence electrons. The van der Waals surface area contributed by atoms with E-state index in [1.54, 1.807) is 0 Å². The highest BCUT2D eigenvalue weighted by Crippen LogP contribution is 2.25. The third-order valence-electron chi connectivity index (χ3n) is 2.79. The second-order valence-electron chi connectivity index (χ2n) is 3.96. The van der Waals surface area contributed by atoms with E-state index in [-0.39, 0.29) is 18.1 Å². The fourth-order valence-corrected chi connectivity index (χ4v) is 1.85. The first kappa shape index (κ1) is 11.1. The minimum atomic E-state index is -0.541. The standard InChI is InChI=1S/C11H16O3/c1-8(12)10(13)7-11(14)9-5-3-2-4-6-9/h9H,2-7H2,1H3. The summed E-state index contributed by atoms with van der Waals surface area (Å²) in [5.41, 5.74) is 0. The van der Waals surface area contributed by atoms with Crippen LogP contribution in [0.3, 0.4) is 0 Å². The third kappa shape index (κ3) is 3.05. The molecule has 0 aromatic heterocycles. The second-order valence-corrected chi connectivity index (χ2v) is 3.96. The summed E-state index contributed by atoms with van der Waals surface area (Å²) in [6, 6.07) is 0. The van der Waals surface area contributed by atoms with Crippen molar-refractivity contribution in [2.75, 3.05) is 0 Å². The van der Waals surface area contributed by atoms with Gasteiger partial charge in [0, 0.05) is 12.8 Å². The summed E-state index contributed by atoms with van der Waals surface area (Å²) in [6.45, 7) is 1.22. The first-order valence-electron chi connectivity index (χ1n) is 5.17. The van der Waals surface area contributed by atoms with Crippen LogP contribution in [0.15, 0.2) is 0 Å². The summed E-state index contributed by atoms with van der Waals surface area (Å²) in [4.78, 5) is 33.2. The highest BCUT2D eigenvalue weighted by Gasteiger charge is 2.23. The normalized spacial score (nSPS) is 17.8. The molecule has 3 heteroatoms. The fraction of sp³-hybridized carbons (Fsp3) is 0.727. The molecule has 0 radical (unpaired) electrons. The summed E-state index contributed by atoms with van der Waals surface area (Å²) in [5, 5.41) is 0. The van der Waals surface area contributed by atoms with Gasteiger partial charge in [-0.25, -0.2) is 0 Å².